The van der Waals surface area contributed by atoms with Gasteiger partial charge in [0.05, 0.1) is 8.07 Å². The third kappa shape index (κ3) is 3.48. The van der Waals surface area contributed by atoms with Gasteiger partial charge in [-0.25, -0.2) is 0 Å². The lowest BCUT2D eigenvalue weighted by Crippen LogP contribution is -2.37. The van der Waals surface area contributed by atoms with Crippen LogP contribution in [0, 0.1) is 0 Å². The van der Waals surface area contributed by atoms with E-state index in [1.807, 2.05) is 0 Å². The van der Waals surface area contributed by atoms with Gasteiger partial charge in [-0.3, -0.25) is 0 Å². The van der Waals surface area contributed by atoms with E-state index >= 15 is 0 Å². The summed E-state index contributed by atoms with van der Waals surface area (Å²) in [5, 5.41) is 3.02. The van der Waals surface area contributed by atoms with E-state index in [-0.39, 0.29) is 7.92 Å². The predicted octanol–water partition coefficient (Wildman–Crippen LogP) is 4.86. The van der Waals surface area contributed by atoms with Crippen LogP contribution < -0.4 is 10.6 Å². The molecular formula is C20H23PSi. The fourth-order valence-electron chi connectivity index (χ4n) is 3.01. The highest BCUT2D eigenvalue weighted by Crippen LogP contribution is 2.41. The van der Waals surface area contributed by atoms with Gasteiger partial charge in [0, 0.05) is 0 Å². The number of rotatable bonds is 5. The van der Waals surface area contributed by atoms with Gasteiger partial charge in [0.25, 0.3) is 0 Å². The van der Waals surface area contributed by atoms with Crippen molar-refractivity contribution in [3.8, 4) is 0 Å². The van der Waals surface area contributed by atoms with E-state index in [2.05, 4.69) is 98.1 Å². The van der Waals surface area contributed by atoms with Gasteiger partial charge >= 0.3 is 0 Å². The van der Waals surface area contributed by atoms with Crippen molar-refractivity contribution in [2.24, 2.45) is 0 Å². The molecule has 0 saturated carbocycles. The van der Waals surface area contributed by atoms with E-state index < -0.39 is 8.07 Å². The maximum Gasteiger partial charge on any atom is 0.0636 e. The van der Waals surface area contributed by atoms with Crippen LogP contribution in [0.4, 0.5) is 0 Å². The molecule has 0 saturated heterocycles. The Kier molecular flexibility index (Phi) is 4.76. The first-order valence-electron chi connectivity index (χ1n) is 7.89. The van der Waals surface area contributed by atoms with E-state index in [0.29, 0.717) is 5.54 Å². The van der Waals surface area contributed by atoms with Crippen LogP contribution in [0.2, 0.25) is 18.6 Å². The fraction of sp³-hybridized carbons (Fsp3) is 0.200. The molecule has 112 valence electrons. The third-order valence-corrected chi connectivity index (χ3v) is 12.9. The standard InChI is InChI=1S/C20H23PSi/c1-22(2,20-15-9-10-16-20)17-21(18-11-5-3-6-12-18)19-13-7-4-8-14-19/h3-16,20H,17H2,1-2H3. The van der Waals surface area contributed by atoms with Crippen LogP contribution in [-0.2, 0) is 0 Å². The Morgan fingerprint density at radius 3 is 1.68 bits per heavy atom. The summed E-state index contributed by atoms with van der Waals surface area (Å²) in [6.07, 6.45) is 9.23. The van der Waals surface area contributed by atoms with Crippen molar-refractivity contribution >= 4 is 26.6 Å². The Morgan fingerprint density at radius 2 is 1.23 bits per heavy atom. The molecule has 0 unspecified atom stereocenters. The molecule has 1 aliphatic rings. The first kappa shape index (κ1) is 15.5. The van der Waals surface area contributed by atoms with Crippen molar-refractivity contribution in [3.05, 3.63) is 85.0 Å². The van der Waals surface area contributed by atoms with Gasteiger partial charge in [-0.1, -0.05) is 98.1 Å². The van der Waals surface area contributed by atoms with Crippen molar-refractivity contribution in [1.82, 2.24) is 0 Å². The maximum absolute atomic E-state index is 2.54. The zero-order valence-electron chi connectivity index (χ0n) is 13.3. The minimum atomic E-state index is -1.34. The van der Waals surface area contributed by atoms with Gasteiger partial charge in [0.15, 0.2) is 0 Å². The molecule has 0 N–H and O–H groups in total. The monoisotopic (exact) mass is 322 g/mol. The van der Waals surface area contributed by atoms with Gasteiger partial charge in [-0.15, -0.1) is 0 Å². The highest BCUT2D eigenvalue weighted by atomic mass is 31.1. The number of allylic oxidation sites excluding steroid dienone is 4. The van der Waals surface area contributed by atoms with Crippen LogP contribution in [0.5, 0.6) is 0 Å². The third-order valence-electron chi connectivity index (χ3n) is 4.35. The molecule has 0 aliphatic heterocycles. The first-order valence-corrected chi connectivity index (χ1v) is 12.7. The fourth-order valence-corrected chi connectivity index (χ4v) is 11.2. The molecule has 1 aliphatic carbocycles. The topological polar surface area (TPSA) is 0 Å². The lowest BCUT2D eigenvalue weighted by atomic mass is 10.4. The van der Waals surface area contributed by atoms with Crippen molar-refractivity contribution in [2.45, 2.75) is 18.6 Å². The average Bonchev–Trinajstić information content (AvgIpc) is 3.10. The zero-order valence-corrected chi connectivity index (χ0v) is 15.2. The quantitative estimate of drug-likeness (QED) is 0.544. The molecule has 3 rings (SSSR count). The first-order chi connectivity index (χ1) is 10.7. The molecule has 0 atom stereocenters. The minimum Gasteiger partial charge on any atom is -0.0803 e. The Hall–Kier alpha value is -1.43. The van der Waals surface area contributed by atoms with Gasteiger partial charge in [0.2, 0.25) is 0 Å². The molecule has 2 aromatic carbocycles. The second-order valence-corrected chi connectivity index (χ2v) is 14.3. The van der Waals surface area contributed by atoms with Crippen LogP contribution in [0.25, 0.3) is 0 Å². The summed E-state index contributed by atoms with van der Waals surface area (Å²) in [4.78, 5) is 0. The Bertz CT molecular complexity index is 607. The van der Waals surface area contributed by atoms with Gasteiger partial charge in [-0.05, 0) is 29.9 Å². The number of hydrogen-bond acceptors (Lipinski definition) is 0. The van der Waals surface area contributed by atoms with E-state index in [0.717, 1.165) is 0 Å². The van der Waals surface area contributed by atoms with Gasteiger partial charge in [0.1, 0.15) is 0 Å². The summed E-state index contributed by atoms with van der Waals surface area (Å²) in [6, 6.07) is 22.2. The Labute approximate surface area is 136 Å². The highest BCUT2D eigenvalue weighted by molar-refractivity contribution is 7.75. The van der Waals surface area contributed by atoms with E-state index in [4.69, 9.17) is 0 Å². The largest absolute Gasteiger partial charge is 0.0803 e. The molecule has 0 spiro atoms. The second-order valence-electron chi connectivity index (χ2n) is 6.54. The molecule has 2 heteroatoms. The van der Waals surface area contributed by atoms with Crippen LogP contribution in [0.1, 0.15) is 0 Å². The number of benzene rings is 2. The molecule has 0 bridgehead atoms. The summed E-state index contributed by atoms with van der Waals surface area (Å²) >= 11 is 0. The molecule has 2 aromatic rings. The van der Waals surface area contributed by atoms with Crippen LogP contribution in [0.3, 0.4) is 0 Å². The molecule has 0 heterocycles. The molecule has 0 aromatic heterocycles. The lowest BCUT2D eigenvalue weighted by Gasteiger charge is -2.32. The molecule has 0 radical (unpaired) electrons. The smallest absolute Gasteiger partial charge is 0.0636 e. The Morgan fingerprint density at radius 1 is 0.773 bits per heavy atom. The van der Waals surface area contributed by atoms with Crippen molar-refractivity contribution in [1.29, 1.82) is 0 Å². The predicted molar refractivity (Wildman–Crippen MR) is 103 cm³/mol. The van der Waals surface area contributed by atoms with Crippen LogP contribution >= 0.6 is 7.92 Å². The normalized spacial score (nSPS) is 14.9. The zero-order chi connectivity index (χ0) is 15.4. The maximum atomic E-state index is 2.54. The molecular weight excluding hydrogens is 299 g/mol. The van der Waals surface area contributed by atoms with Gasteiger partial charge in [-0.2, -0.15) is 0 Å². The molecule has 0 fully saturated rings. The summed E-state index contributed by atoms with van der Waals surface area (Å²) in [6.45, 7) is 5.08. The number of hydrogen-bond donors (Lipinski definition) is 0. The molecule has 0 nitrogen and oxygen atoms in total. The van der Waals surface area contributed by atoms with Crippen molar-refractivity contribution in [2.75, 3.05) is 5.79 Å². The minimum absolute atomic E-state index is 0.261. The highest BCUT2D eigenvalue weighted by Gasteiger charge is 2.33. The van der Waals surface area contributed by atoms with Gasteiger partial charge < -0.3 is 0 Å². The molecule has 22 heavy (non-hydrogen) atoms. The second kappa shape index (κ2) is 6.77. The Balaban J connectivity index is 1.92. The van der Waals surface area contributed by atoms with Crippen molar-refractivity contribution < 1.29 is 0 Å². The summed E-state index contributed by atoms with van der Waals surface area (Å²) in [5.41, 5.74) is 0.685. The average molecular weight is 322 g/mol. The van der Waals surface area contributed by atoms with Crippen LogP contribution in [-0.4, -0.2) is 13.9 Å². The summed E-state index contributed by atoms with van der Waals surface area (Å²) < 4.78 is 0. The summed E-state index contributed by atoms with van der Waals surface area (Å²) in [7, 11) is -1.60. The lowest BCUT2D eigenvalue weighted by molar-refractivity contribution is 1.29. The van der Waals surface area contributed by atoms with E-state index in [1.54, 1.807) is 0 Å². The van der Waals surface area contributed by atoms with Crippen LogP contribution in [0.15, 0.2) is 85.0 Å². The van der Waals surface area contributed by atoms with Crippen molar-refractivity contribution in [3.63, 3.8) is 0 Å². The SMILES string of the molecule is C[Si](C)(CP(c1ccccc1)c1ccccc1)C1C=CC=C1. The van der Waals surface area contributed by atoms with E-state index in [1.165, 1.54) is 16.4 Å². The molecule has 0 amide bonds. The summed E-state index contributed by atoms with van der Waals surface area (Å²) in [5.74, 6) is 1.34. The van der Waals surface area contributed by atoms with E-state index in [9.17, 15) is 0 Å².